The standard InChI is InChI=1S/C42H32ClNO9/c1-53-33-17-22(16-31(43)38(33)48)36-25-14-15-27-35(40(50)44(39(27)49)24-12-13-26(41(51)52)32(45)18-24)29(25)19-30-37(47)28(21-8-4-2-5-9-21)20-34(46)42(30,36)23-10-6-3-7-11-23/h2-14,16-18,20,27,29-30,35-36,45,48H,15,19H2,1H3,(H,51,52). The summed E-state index contributed by atoms with van der Waals surface area (Å²) < 4.78 is 5.51. The molecule has 0 bridgehead atoms. The molecule has 11 heteroatoms. The number of nitrogens with zero attached hydrogens (tertiary/aromatic N) is 1. The smallest absolute Gasteiger partial charge is 0.339 e. The number of halogens is 1. The van der Waals surface area contributed by atoms with E-state index in [1.807, 2.05) is 30.3 Å². The van der Waals surface area contributed by atoms with E-state index in [1.165, 1.54) is 19.3 Å². The van der Waals surface area contributed by atoms with E-state index in [1.54, 1.807) is 48.5 Å². The Hall–Kier alpha value is -6.00. The monoisotopic (exact) mass is 729 g/mol. The number of amides is 2. The Morgan fingerprint density at radius 3 is 2.25 bits per heavy atom. The molecular weight excluding hydrogens is 698 g/mol. The molecule has 1 aliphatic heterocycles. The highest BCUT2D eigenvalue weighted by molar-refractivity contribution is 6.33. The van der Waals surface area contributed by atoms with Crippen LogP contribution in [0.25, 0.3) is 5.57 Å². The highest BCUT2D eigenvalue weighted by Gasteiger charge is 2.66. The van der Waals surface area contributed by atoms with E-state index in [0.717, 1.165) is 17.0 Å². The van der Waals surface area contributed by atoms with Gasteiger partial charge in [-0.15, -0.1) is 0 Å². The number of allylic oxidation sites excluding steroid dienone is 4. The highest BCUT2D eigenvalue weighted by atomic mass is 35.5. The number of Topliss-reactive ketones (excluding diaryl/α,β-unsaturated/α-hetero) is 1. The number of fused-ring (bicyclic) bond motifs is 4. The van der Waals surface area contributed by atoms with Crippen LogP contribution in [0.3, 0.4) is 0 Å². The topological polar surface area (TPSA) is 159 Å². The number of phenolic OH excluding ortho intramolecular Hbond substituents is 1. The normalized spacial score (nSPS) is 26.3. The van der Waals surface area contributed by atoms with Crippen LogP contribution in [0.4, 0.5) is 5.69 Å². The summed E-state index contributed by atoms with van der Waals surface area (Å²) in [5.41, 5.74) is 0.700. The largest absolute Gasteiger partial charge is 0.507 e. The third-order valence-electron chi connectivity index (χ3n) is 11.4. The number of hydrogen-bond acceptors (Lipinski definition) is 8. The zero-order valence-corrected chi connectivity index (χ0v) is 29.0. The number of rotatable bonds is 6. The molecule has 1 heterocycles. The summed E-state index contributed by atoms with van der Waals surface area (Å²) in [7, 11) is 1.38. The fourth-order valence-electron chi connectivity index (χ4n) is 9.26. The van der Waals surface area contributed by atoms with Crippen molar-refractivity contribution in [1.82, 2.24) is 0 Å². The Bertz CT molecular complexity index is 2320. The number of carbonyl (C=O) groups is 5. The second kappa shape index (κ2) is 12.6. The van der Waals surface area contributed by atoms with Crippen LogP contribution < -0.4 is 9.64 Å². The van der Waals surface area contributed by atoms with Crippen LogP contribution in [0, 0.1) is 23.7 Å². The maximum absolute atomic E-state index is 15.2. The van der Waals surface area contributed by atoms with Gasteiger partial charge in [-0.2, -0.15) is 0 Å². The van der Waals surface area contributed by atoms with Crippen LogP contribution in [0.5, 0.6) is 17.2 Å². The zero-order chi connectivity index (χ0) is 37.3. The number of ketones is 2. The molecule has 0 aromatic heterocycles. The van der Waals surface area contributed by atoms with Crippen molar-refractivity contribution in [1.29, 1.82) is 0 Å². The number of carboxylic acids is 1. The van der Waals surface area contributed by atoms with E-state index in [2.05, 4.69) is 0 Å². The zero-order valence-electron chi connectivity index (χ0n) is 28.2. The van der Waals surface area contributed by atoms with Crippen LogP contribution in [-0.2, 0) is 24.6 Å². The van der Waals surface area contributed by atoms with Gasteiger partial charge in [0.1, 0.15) is 11.3 Å². The predicted molar refractivity (Wildman–Crippen MR) is 194 cm³/mol. The van der Waals surface area contributed by atoms with Crippen molar-refractivity contribution in [3.8, 4) is 17.2 Å². The summed E-state index contributed by atoms with van der Waals surface area (Å²) in [6, 6.07) is 24.6. The van der Waals surface area contributed by atoms with Crippen molar-refractivity contribution < 1.29 is 44.0 Å². The molecule has 0 radical (unpaired) electrons. The SMILES string of the molecule is COc1cc(C2C3=CCC4C(=O)N(c5ccc(C(=O)O)c(O)c5)C(=O)C4C3CC3C(=O)C(c4ccccc4)=CC(=O)C32c2ccccc2)cc(Cl)c1O. The average Bonchev–Trinajstić information content (AvgIpc) is 3.42. The van der Waals surface area contributed by atoms with Gasteiger partial charge in [-0.05, 0) is 65.8 Å². The van der Waals surface area contributed by atoms with Crippen molar-refractivity contribution in [2.75, 3.05) is 12.0 Å². The number of anilines is 1. The molecule has 2 fully saturated rings. The van der Waals surface area contributed by atoms with E-state index in [-0.39, 0.29) is 57.8 Å². The lowest BCUT2D eigenvalue weighted by molar-refractivity contribution is -0.135. The van der Waals surface area contributed by atoms with Gasteiger partial charge in [0.25, 0.3) is 0 Å². The third-order valence-corrected chi connectivity index (χ3v) is 11.7. The Balaban J connectivity index is 1.35. The molecule has 4 aliphatic rings. The number of aromatic carboxylic acids is 1. The minimum Gasteiger partial charge on any atom is -0.507 e. The Morgan fingerprint density at radius 2 is 1.58 bits per heavy atom. The number of carboxylic acid groups (broad SMARTS) is 1. The molecule has 6 unspecified atom stereocenters. The number of methoxy groups -OCH3 is 1. The van der Waals surface area contributed by atoms with Crippen molar-refractivity contribution in [3.05, 3.63) is 136 Å². The molecule has 2 amide bonds. The molecule has 3 aliphatic carbocycles. The lowest BCUT2D eigenvalue weighted by Gasteiger charge is -2.55. The first-order valence-electron chi connectivity index (χ1n) is 17.1. The first-order chi connectivity index (χ1) is 25.5. The molecule has 1 saturated heterocycles. The number of ether oxygens (including phenoxy) is 1. The molecule has 4 aromatic carbocycles. The molecule has 8 rings (SSSR count). The molecule has 266 valence electrons. The van der Waals surface area contributed by atoms with E-state index >= 15 is 9.59 Å². The van der Waals surface area contributed by atoms with Crippen molar-refractivity contribution in [2.24, 2.45) is 23.7 Å². The number of imide groups is 1. The van der Waals surface area contributed by atoms with Gasteiger partial charge in [0, 0.05) is 23.5 Å². The maximum atomic E-state index is 15.2. The van der Waals surface area contributed by atoms with Gasteiger partial charge in [0.05, 0.1) is 35.1 Å². The van der Waals surface area contributed by atoms with Crippen molar-refractivity contribution in [3.63, 3.8) is 0 Å². The van der Waals surface area contributed by atoms with Crippen molar-refractivity contribution >= 4 is 52.2 Å². The minimum atomic E-state index is -1.51. The maximum Gasteiger partial charge on any atom is 0.339 e. The summed E-state index contributed by atoms with van der Waals surface area (Å²) >= 11 is 6.61. The van der Waals surface area contributed by atoms with E-state index in [4.69, 9.17) is 16.3 Å². The van der Waals surface area contributed by atoms with Gasteiger partial charge in [0.2, 0.25) is 11.8 Å². The predicted octanol–water partition coefficient (Wildman–Crippen LogP) is 6.49. The van der Waals surface area contributed by atoms with Crippen LogP contribution in [-0.4, -0.2) is 51.8 Å². The Labute approximate surface area is 308 Å². The molecule has 1 saturated carbocycles. The van der Waals surface area contributed by atoms with Gasteiger partial charge in [-0.3, -0.25) is 19.2 Å². The molecule has 53 heavy (non-hydrogen) atoms. The van der Waals surface area contributed by atoms with Crippen LogP contribution in [0.15, 0.2) is 109 Å². The number of phenols is 2. The first-order valence-corrected chi connectivity index (χ1v) is 17.5. The van der Waals surface area contributed by atoms with E-state index < -0.39 is 58.5 Å². The second-order valence-corrected chi connectivity index (χ2v) is 14.3. The van der Waals surface area contributed by atoms with Crippen molar-refractivity contribution in [2.45, 2.75) is 24.2 Å². The first kappa shape index (κ1) is 34.1. The van der Waals surface area contributed by atoms with Gasteiger partial charge < -0.3 is 20.1 Å². The molecule has 6 atom stereocenters. The Kier molecular flexibility index (Phi) is 8.10. The molecule has 4 aromatic rings. The summed E-state index contributed by atoms with van der Waals surface area (Å²) in [4.78, 5) is 71.4. The van der Waals surface area contributed by atoms with E-state index in [9.17, 15) is 29.7 Å². The quantitative estimate of drug-likeness (QED) is 0.149. The summed E-state index contributed by atoms with van der Waals surface area (Å²) in [6.07, 6.45) is 3.50. The lowest BCUT2D eigenvalue weighted by Crippen LogP contribution is -2.58. The fraction of sp³-hybridized carbons (Fsp3) is 0.214. The van der Waals surface area contributed by atoms with Crippen LogP contribution in [0.1, 0.15) is 45.8 Å². The third kappa shape index (κ3) is 4.96. The Morgan fingerprint density at radius 1 is 0.887 bits per heavy atom. The summed E-state index contributed by atoms with van der Waals surface area (Å²) in [5.74, 6) is -8.22. The molecule has 0 spiro atoms. The number of carbonyl (C=O) groups excluding carboxylic acids is 4. The second-order valence-electron chi connectivity index (χ2n) is 13.9. The minimum absolute atomic E-state index is 0.0257. The van der Waals surface area contributed by atoms with E-state index in [0.29, 0.717) is 22.3 Å². The average molecular weight is 730 g/mol. The van der Waals surface area contributed by atoms with Gasteiger partial charge in [-0.25, -0.2) is 9.69 Å². The number of hydrogen-bond donors (Lipinski definition) is 3. The van der Waals surface area contributed by atoms with Gasteiger partial charge >= 0.3 is 5.97 Å². The molecule has 10 nitrogen and oxygen atoms in total. The number of aromatic hydroxyl groups is 2. The summed E-state index contributed by atoms with van der Waals surface area (Å²) in [5, 5.41) is 30.6. The fourth-order valence-corrected chi connectivity index (χ4v) is 9.48. The van der Waals surface area contributed by atoms with Crippen LogP contribution in [0.2, 0.25) is 5.02 Å². The summed E-state index contributed by atoms with van der Waals surface area (Å²) in [6.45, 7) is 0. The molecule has 3 N–H and O–H groups in total. The van der Waals surface area contributed by atoms with Crippen LogP contribution >= 0.6 is 11.6 Å². The van der Waals surface area contributed by atoms with Gasteiger partial charge in [-0.1, -0.05) is 83.9 Å². The highest BCUT2D eigenvalue weighted by Crippen LogP contribution is 2.64. The lowest BCUT2D eigenvalue weighted by atomic mass is 9.44. The van der Waals surface area contributed by atoms with Gasteiger partial charge in [0.15, 0.2) is 23.1 Å². The molecular formula is C42H32ClNO9. The number of benzene rings is 4.